The second kappa shape index (κ2) is 6.03. The van der Waals surface area contributed by atoms with Crippen LogP contribution in [-0.2, 0) is 16.9 Å². The molecule has 1 saturated heterocycles. The van der Waals surface area contributed by atoms with E-state index in [9.17, 15) is 14.0 Å². The first-order valence-corrected chi connectivity index (χ1v) is 9.02. The lowest BCUT2D eigenvalue weighted by Crippen LogP contribution is -2.41. The zero-order chi connectivity index (χ0) is 18.5. The number of benzene rings is 2. The second-order valence-electron chi connectivity index (χ2n) is 6.15. The summed E-state index contributed by atoms with van der Waals surface area (Å²) < 4.78 is 14.3. The van der Waals surface area contributed by atoms with Gasteiger partial charge in [0.05, 0.1) is 16.8 Å². The van der Waals surface area contributed by atoms with Crippen molar-refractivity contribution in [3.05, 3.63) is 63.9 Å². The van der Waals surface area contributed by atoms with Gasteiger partial charge in [0, 0.05) is 10.6 Å². The molecule has 1 unspecified atom stereocenters. The van der Waals surface area contributed by atoms with Crippen LogP contribution in [0.25, 0.3) is 10.2 Å². The van der Waals surface area contributed by atoms with E-state index in [2.05, 4.69) is 10.3 Å². The van der Waals surface area contributed by atoms with E-state index < -0.39 is 23.3 Å². The molecule has 26 heavy (non-hydrogen) atoms. The zero-order valence-electron chi connectivity index (χ0n) is 13.6. The number of thiazole rings is 1. The summed E-state index contributed by atoms with van der Waals surface area (Å²) >= 11 is 7.53. The molecule has 1 fully saturated rings. The minimum atomic E-state index is -1.35. The number of carbonyl (C=O) groups is 2. The average Bonchev–Trinajstić information content (AvgIpc) is 3.09. The van der Waals surface area contributed by atoms with Crippen LogP contribution in [0.4, 0.5) is 9.18 Å². The van der Waals surface area contributed by atoms with Gasteiger partial charge in [0.15, 0.2) is 0 Å². The van der Waals surface area contributed by atoms with Gasteiger partial charge in [-0.2, -0.15) is 0 Å². The predicted molar refractivity (Wildman–Crippen MR) is 97.5 cm³/mol. The van der Waals surface area contributed by atoms with Gasteiger partial charge in [0.25, 0.3) is 5.91 Å². The number of urea groups is 1. The van der Waals surface area contributed by atoms with Gasteiger partial charge in [0.1, 0.15) is 16.4 Å². The van der Waals surface area contributed by atoms with E-state index >= 15 is 0 Å². The first-order chi connectivity index (χ1) is 12.4. The number of fused-ring (bicyclic) bond motifs is 1. The molecule has 0 bridgehead atoms. The first kappa shape index (κ1) is 16.9. The van der Waals surface area contributed by atoms with E-state index in [1.54, 1.807) is 6.92 Å². The largest absolute Gasteiger partial charge is 0.325 e. The van der Waals surface area contributed by atoms with Crippen molar-refractivity contribution in [3.8, 4) is 0 Å². The molecule has 1 atom stereocenters. The molecule has 0 saturated carbocycles. The maximum absolute atomic E-state index is 13.3. The van der Waals surface area contributed by atoms with Crippen LogP contribution in [-0.4, -0.2) is 21.8 Å². The van der Waals surface area contributed by atoms with Crippen molar-refractivity contribution in [1.82, 2.24) is 15.2 Å². The van der Waals surface area contributed by atoms with Gasteiger partial charge in [-0.05, 0) is 31.2 Å². The molecule has 1 aliphatic rings. The normalized spacial score (nSPS) is 20.0. The number of amides is 3. The molecule has 0 aliphatic carbocycles. The number of hydrogen-bond donors (Lipinski definition) is 1. The van der Waals surface area contributed by atoms with Gasteiger partial charge >= 0.3 is 6.03 Å². The van der Waals surface area contributed by atoms with Crippen LogP contribution in [0, 0.1) is 5.82 Å². The number of imide groups is 1. The van der Waals surface area contributed by atoms with Crippen LogP contribution < -0.4 is 5.32 Å². The molecule has 0 spiro atoms. The summed E-state index contributed by atoms with van der Waals surface area (Å²) in [6.45, 7) is 1.63. The second-order valence-corrected chi connectivity index (χ2v) is 7.67. The van der Waals surface area contributed by atoms with Gasteiger partial charge < -0.3 is 5.32 Å². The van der Waals surface area contributed by atoms with E-state index in [4.69, 9.17) is 11.6 Å². The van der Waals surface area contributed by atoms with E-state index in [1.165, 1.54) is 23.5 Å². The first-order valence-electron chi connectivity index (χ1n) is 7.82. The number of rotatable bonds is 3. The summed E-state index contributed by atoms with van der Waals surface area (Å²) in [6.07, 6.45) is 0. The Bertz CT molecular complexity index is 1020. The van der Waals surface area contributed by atoms with Crippen molar-refractivity contribution in [2.75, 3.05) is 0 Å². The van der Waals surface area contributed by atoms with Gasteiger partial charge in [-0.1, -0.05) is 29.8 Å². The van der Waals surface area contributed by atoms with Crippen LogP contribution in [0.2, 0.25) is 5.02 Å². The Hall–Kier alpha value is -2.51. The lowest BCUT2D eigenvalue weighted by molar-refractivity contribution is -0.131. The van der Waals surface area contributed by atoms with Gasteiger partial charge in [0.2, 0.25) is 0 Å². The molecule has 2 heterocycles. The fourth-order valence-electron chi connectivity index (χ4n) is 3.04. The highest BCUT2D eigenvalue weighted by Gasteiger charge is 2.50. The van der Waals surface area contributed by atoms with Crippen LogP contribution in [0.15, 0.2) is 42.5 Å². The number of carbonyl (C=O) groups excluding carboxylic acids is 2. The Morgan fingerprint density at radius 1 is 1.27 bits per heavy atom. The molecular weight excluding hydrogens is 377 g/mol. The Kier molecular flexibility index (Phi) is 3.93. The molecule has 4 rings (SSSR count). The molecule has 2 aromatic carbocycles. The summed E-state index contributed by atoms with van der Waals surface area (Å²) in [5.74, 6) is -0.958. The maximum atomic E-state index is 13.3. The number of hydrogen-bond acceptors (Lipinski definition) is 4. The molecule has 132 valence electrons. The van der Waals surface area contributed by atoms with Gasteiger partial charge in [-0.3, -0.25) is 9.69 Å². The van der Waals surface area contributed by atoms with Crippen molar-refractivity contribution >= 4 is 45.1 Å². The zero-order valence-corrected chi connectivity index (χ0v) is 15.2. The molecule has 1 aliphatic heterocycles. The highest BCUT2D eigenvalue weighted by atomic mass is 35.5. The molecule has 3 aromatic rings. The minimum Gasteiger partial charge on any atom is -0.319 e. The van der Waals surface area contributed by atoms with Crippen LogP contribution in [0.1, 0.15) is 17.5 Å². The summed E-state index contributed by atoms with van der Waals surface area (Å²) in [6, 6.07) is 10.8. The van der Waals surface area contributed by atoms with E-state index in [1.807, 2.05) is 24.3 Å². The lowest BCUT2D eigenvalue weighted by Gasteiger charge is -2.23. The molecular formula is C18H13ClFN3O2S. The van der Waals surface area contributed by atoms with Crippen molar-refractivity contribution in [2.24, 2.45) is 0 Å². The Balaban J connectivity index is 1.66. The number of nitrogens with one attached hydrogen (secondary N) is 1. The molecule has 5 nitrogen and oxygen atoms in total. The molecule has 1 N–H and O–H groups in total. The summed E-state index contributed by atoms with van der Waals surface area (Å²) in [5.41, 5.74) is -0.173. The average molecular weight is 390 g/mol. The third kappa shape index (κ3) is 2.64. The third-order valence-electron chi connectivity index (χ3n) is 4.38. The highest BCUT2D eigenvalue weighted by molar-refractivity contribution is 7.18. The molecule has 8 heteroatoms. The van der Waals surface area contributed by atoms with E-state index in [0.717, 1.165) is 21.2 Å². The molecule has 1 aromatic heterocycles. The smallest absolute Gasteiger partial charge is 0.319 e. The summed E-state index contributed by atoms with van der Waals surface area (Å²) in [7, 11) is 0. The van der Waals surface area contributed by atoms with Crippen molar-refractivity contribution in [2.45, 2.75) is 19.0 Å². The van der Waals surface area contributed by atoms with E-state index in [-0.39, 0.29) is 11.6 Å². The number of aromatic nitrogens is 1. The standard InChI is InChI=1S/C18H13ClFN3O2S/c1-18(11-7-6-10(20)8-12(11)19)16(24)23(17(25)22-18)9-15-21-13-4-2-3-5-14(13)26-15/h2-8H,9H2,1H3,(H,22,25). The predicted octanol–water partition coefficient (Wildman–Crippen LogP) is 4.06. The SMILES string of the molecule is CC1(c2ccc(F)cc2Cl)NC(=O)N(Cc2nc3ccccc3s2)C1=O. The quantitative estimate of drug-likeness (QED) is 0.687. The van der Waals surface area contributed by atoms with Gasteiger partial charge in [-0.15, -0.1) is 11.3 Å². The number of halogens is 2. The maximum Gasteiger partial charge on any atom is 0.325 e. The van der Waals surface area contributed by atoms with Crippen molar-refractivity contribution in [3.63, 3.8) is 0 Å². The topological polar surface area (TPSA) is 62.3 Å². The lowest BCUT2D eigenvalue weighted by atomic mass is 9.92. The summed E-state index contributed by atoms with van der Waals surface area (Å²) in [4.78, 5) is 31.0. The number of nitrogens with zero attached hydrogens (tertiary/aromatic N) is 2. The van der Waals surface area contributed by atoms with Gasteiger partial charge in [-0.25, -0.2) is 14.2 Å². The Labute approximate surface area is 157 Å². The molecule has 0 radical (unpaired) electrons. The Morgan fingerprint density at radius 3 is 2.77 bits per heavy atom. The van der Waals surface area contributed by atoms with Crippen molar-refractivity contribution < 1.29 is 14.0 Å². The van der Waals surface area contributed by atoms with Crippen LogP contribution in [0.3, 0.4) is 0 Å². The fraction of sp³-hybridized carbons (Fsp3) is 0.167. The monoisotopic (exact) mass is 389 g/mol. The minimum absolute atomic E-state index is 0.0679. The van der Waals surface area contributed by atoms with Crippen LogP contribution >= 0.6 is 22.9 Å². The van der Waals surface area contributed by atoms with Crippen molar-refractivity contribution in [1.29, 1.82) is 0 Å². The number of para-hydroxylation sites is 1. The Morgan fingerprint density at radius 2 is 2.04 bits per heavy atom. The fourth-order valence-corrected chi connectivity index (χ4v) is 4.35. The third-order valence-corrected chi connectivity index (χ3v) is 5.71. The van der Waals surface area contributed by atoms with Crippen LogP contribution in [0.5, 0.6) is 0 Å². The summed E-state index contributed by atoms with van der Waals surface area (Å²) in [5, 5.41) is 3.41. The van der Waals surface area contributed by atoms with E-state index in [0.29, 0.717) is 10.6 Å². The molecule has 3 amide bonds. The highest BCUT2D eigenvalue weighted by Crippen LogP contribution is 2.35.